The van der Waals surface area contributed by atoms with Crippen molar-refractivity contribution < 1.29 is 18.7 Å². The molecule has 1 rings (SSSR count). The molecule has 0 aliphatic rings. The number of carbonyl (C=O) groups excluding carboxylic acids is 1. The molecule has 0 aliphatic carbocycles. The summed E-state index contributed by atoms with van der Waals surface area (Å²) in [5.74, 6) is -0.337. The molecule has 1 aromatic carbocycles. The minimum atomic E-state index is -0.568. The van der Waals surface area contributed by atoms with Crippen LogP contribution in [-0.4, -0.2) is 26.2 Å². The molecule has 4 nitrogen and oxygen atoms in total. The number of benzene rings is 1. The summed E-state index contributed by atoms with van der Waals surface area (Å²) in [4.78, 5) is 11.4. The van der Waals surface area contributed by atoms with E-state index in [4.69, 9.17) is 4.74 Å². The lowest BCUT2D eigenvalue weighted by atomic mass is 10.2. The van der Waals surface area contributed by atoms with Crippen LogP contribution < -0.4 is 10.1 Å². The van der Waals surface area contributed by atoms with E-state index in [1.54, 1.807) is 0 Å². The third-order valence-electron chi connectivity index (χ3n) is 2.40. The van der Waals surface area contributed by atoms with E-state index < -0.39 is 17.8 Å². The van der Waals surface area contributed by atoms with Gasteiger partial charge in [0.2, 0.25) is 0 Å². The number of nitrogens with one attached hydrogen (secondary N) is 1. The molecule has 5 heteroatoms. The number of anilines is 1. The Kier molecular flexibility index (Phi) is 4.75. The summed E-state index contributed by atoms with van der Waals surface area (Å²) in [6, 6.07) is 3.73. The van der Waals surface area contributed by atoms with Crippen molar-refractivity contribution in [1.82, 2.24) is 0 Å². The second kappa shape index (κ2) is 6.08. The Morgan fingerprint density at radius 3 is 2.71 bits per heavy atom. The van der Waals surface area contributed by atoms with Crippen LogP contribution in [-0.2, 0) is 9.53 Å². The number of carbonyl (C=O) groups is 1. The predicted octanol–water partition coefficient (Wildman–Crippen LogP) is 2.20. The van der Waals surface area contributed by atoms with E-state index in [2.05, 4.69) is 10.1 Å². The van der Waals surface area contributed by atoms with Gasteiger partial charge in [-0.25, -0.2) is 9.18 Å². The molecule has 0 heterocycles. The van der Waals surface area contributed by atoms with E-state index in [0.29, 0.717) is 12.2 Å². The number of halogens is 1. The van der Waals surface area contributed by atoms with Crippen molar-refractivity contribution in [3.8, 4) is 5.75 Å². The minimum absolute atomic E-state index is 0.224. The molecule has 1 N–H and O–H groups in total. The van der Waals surface area contributed by atoms with E-state index in [9.17, 15) is 9.18 Å². The highest BCUT2D eigenvalue weighted by Crippen LogP contribution is 2.22. The monoisotopic (exact) mass is 241 g/mol. The minimum Gasteiger partial charge on any atom is -0.497 e. The second-order valence-corrected chi connectivity index (χ2v) is 3.47. The van der Waals surface area contributed by atoms with Crippen LogP contribution in [0.25, 0.3) is 0 Å². The largest absolute Gasteiger partial charge is 0.497 e. The van der Waals surface area contributed by atoms with Crippen LogP contribution in [0.5, 0.6) is 5.75 Å². The van der Waals surface area contributed by atoms with Crippen LogP contribution in [0, 0.1) is 5.82 Å². The summed E-state index contributed by atoms with van der Waals surface area (Å²) in [6.45, 7) is 1.81. The zero-order valence-corrected chi connectivity index (χ0v) is 10.1. The fourth-order valence-electron chi connectivity index (χ4n) is 1.40. The highest BCUT2D eigenvalue weighted by Gasteiger charge is 2.18. The maximum atomic E-state index is 13.5. The van der Waals surface area contributed by atoms with E-state index in [0.717, 1.165) is 0 Å². The Morgan fingerprint density at radius 1 is 1.47 bits per heavy atom. The normalized spacial score (nSPS) is 11.8. The van der Waals surface area contributed by atoms with Crippen LogP contribution in [0.4, 0.5) is 10.1 Å². The number of ether oxygens (including phenoxy) is 2. The SMILES string of the molecule is CCC(Nc1cc(OC)ccc1F)C(=O)OC. The van der Waals surface area contributed by atoms with Gasteiger partial charge in [0.15, 0.2) is 0 Å². The smallest absolute Gasteiger partial charge is 0.328 e. The van der Waals surface area contributed by atoms with Crippen LogP contribution in [0.15, 0.2) is 18.2 Å². The van der Waals surface area contributed by atoms with Gasteiger partial charge in [-0.3, -0.25) is 0 Å². The van der Waals surface area contributed by atoms with E-state index >= 15 is 0 Å². The molecule has 0 fully saturated rings. The summed E-state index contributed by atoms with van der Waals surface area (Å²) < 4.78 is 23.1. The van der Waals surface area contributed by atoms with Crippen LogP contribution in [0.2, 0.25) is 0 Å². The van der Waals surface area contributed by atoms with Crippen LogP contribution >= 0.6 is 0 Å². The molecule has 0 saturated heterocycles. The predicted molar refractivity (Wildman–Crippen MR) is 62.7 cm³/mol. The molecular formula is C12H16FNO3. The fourth-order valence-corrected chi connectivity index (χ4v) is 1.40. The van der Waals surface area contributed by atoms with Gasteiger partial charge in [0, 0.05) is 6.07 Å². The summed E-state index contributed by atoms with van der Waals surface area (Å²) in [7, 11) is 2.79. The molecule has 94 valence electrons. The second-order valence-electron chi connectivity index (χ2n) is 3.47. The molecular weight excluding hydrogens is 225 g/mol. The molecule has 0 amide bonds. The Morgan fingerprint density at radius 2 is 2.18 bits per heavy atom. The van der Waals surface area contributed by atoms with E-state index in [1.807, 2.05) is 6.92 Å². The lowest BCUT2D eigenvalue weighted by Crippen LogP contribution is -2.30. The maximum Gasteiger partial charge on any atom is 0.328 e. The van der Waals surface area contributed by atoms with Crippen molar-refractivity contribution in [3.63, 3.8) is 0 Å². The molecule has 1 atom stereocenters. The average Bonchev–Trinajstić information content (AvgIpc) is 2.36. The topological polar surface area (TPSA) is 47.6 Å². The molecule has 1 aromatic rings. The van der Waals surface area contributed by atoms with Gasteiger partial charge in [0.05, 0.1) is 19.9 Å². The number of hydrogen-bond acceptors (Lipinski definition) is 4. The van der Waals surface area contributed by atoms with Gasteiger partial charge >= 0.3 is 5.97 Å². The molecule has 0 aromatic heterocycles. The van der Waals surface area contributed by atoms with E-state index in [1.165, 1.54) is 32.4 Å². The van der Waals surface area contributed by atoms with Crippen molar-refractivity contribution in [1.29, 1.82) is 0 Å². The van der Waals surface area contributed by atoms with E-state index in [-0.39, 0.29) is 5.69 Å². The first-order chi connectivity index (χ1) is 8.12. The summed E-state index contributed by atoms with van der Waals surface area (Å²) in [5, 5.41) is 2.79. The van der Waals surface area contributed by atoms with Crippen molar-refractivity contribution in [3.05, 3.63) is 24.0 Å². The van der Waals surface area contributed by atoms with Gasteiger partial charge in [0.1, 0.15) is 17.6 Å². The Hall–Kier alpha value is -1.78. The van der Waals surface area contributed by atoms with Gasteiger partial charge < -0.3 is 14.8 Å². The van der Waals surface area contributed by atoms with Gasteiger partial charge in [-0.1, -0.05) is 6.92 Å². The van der Waals surface area contributed by atoms with Gasteiger partial charge in [0.25, 0.3) is 0 Å². The number of hydrogen-bond donors (Lipinski definition) is 1. The standard InChI is InChI=1S/C12H16FNO3/c1-4-10(12(15)17-3)14-11-7-8(16-2)5-6-9(11)13/h5-7,10,14H,4H2,1-3H3. The quantitative estimate of drug-likeness (QED) is 0.803. The highest BCUT2D eigenvalue weighted by molar-refractivity contribution is 5.79. The molecule has 0 saturated carbocycles. The summed E-state index contributed by atoms with van der Waals surface area (Å²) >= 11 is 0. The van der Waals surface area contributed by atoms with Crippen molar-refractivity contribution >= 4 is 11.7 Å². The van der Waals surface area contributed by atoms with Crippen molar-refractivity contribution in [2.45, 2.75) is 19.4 Å². The molecule has 0 aliphatic heterocycles. The fraction of sp³-hybridized carbons (Fsp3) is 0.417. The van der Waals surface area contributed by atoms with Gasteiger partial charge in [-0.2, -0.15) is 0 Å². The van der Waals surface area contributed by atoms with Crippen molar-refractivity contribution in [2.24, 2.45) is 0 Å². The van der Waals surface area contributed by atoms with Crippen LogP contribution in [0.1, 0.15) is 13.3 Å². The number of rotatable bonds is 5. The van der Waals surface area contributed by atoms with Gasteiger partial charge in [-0.15, -0.1) is 0 Å². The maximum absolute atomic E-state index is 13.5. The highest BCUT2D eigenvalue weighted by atomic mass is 19.1. The molecule has 1 unspecified atom stereocenters. The molecule has 0 radical (unpaired) electrons. The zero-order chi connectivity index (χ0) is 12.8. The first-order valence-corrected chi connectivity index (χ1v) is 5.30. The molecule has 0 spiro atoms. The number of esters is 1. The van der Waals surface area contributed by atoms with Crippen LogP contribution in [0.3, 0.4) is 0 Å². The van der Waals surface area contributed by atoms with Gasteiger partial charge in [-0.05, 0) is 18.6 Å². The third kappa shape index (κ3) is 3.34. The lowest BCUT2D eigenvalue weighted by Gasteiger charge is -2.16. The Balaban J connectivity index is 2.88. The van der Waals surface area contributed by atoms with Crippen molar-refractivity contribution in [2.75, 3.05) is 19.5 Å². The third-order valence-corrected chi connectivity index (χ3v) is 2.40. The zero-order valence-electron chi connectivity index (χ0n) is 10.1. The average molecular weight is 241 g/mol. The number of methoxy groups -OCH3 is 2. The first kappa shape index (κ1) is 13.3. The summed E-state index contributed by atoms with van der Waals surface area (Å²) in [6.07, 6.45) is 0.503. The molecule has 0 bridgehead atoms. The Bertz CT molecular complexity index is 395. The first-order valence-electron chi connectivity index (χ1n) is 5.30. The Labute approximate surface area is 99.7 Å². The molecule has 17 heavy (non-hydrogen) atoms. The lowest BCUT2D eigenvalue weighted by molar-refractivity contribution is -0.141. The summed E-state index contributed by atoms with van der Waals surface area (Å²) in [5.41, 5.74) is 0.224.